The third kappa shape index (κ3) is 5.41. The summed E-state index contributed by atoms with van der Waals surface area (Å²) in [6.45, 7) is 1.31. The zero-order valence-electron chi connectivity index (χ0n) is 16.5. The van der Waals surface area contributed by atoms with Crippen molar-refractivity contribution >= 4 is 12.0 Å². The SMILES string of the molecule is O=C(/C=C/c1ccc(OCc2ccccc2)cc1)NC[C@@H]1COc2ccccc2O1. The summed E-state index contributed by atoms with van der Waals surface area (Å²) in [5.41, 5.74) is 2.04. The van der Waals surface area contributed by atoms with E-state index in [1.54, 1.807) is 6.08 Å². The van der Waals surface area contributed by atoms with Gasteiger partial charge in [-0.25, -0.2) is 0 Å². The molecule has 0 aromatic heterocycles. The Balaban J connectivity index is 1.22. The van der Waals surface area contributed by atoms with E-state index >= 15 is 0 Å². The van der Waals surface area contributed by atoms with Crippen LogP contribution in [-0.2, 0) is 11.4 Å². The minimum atomic E-state index is -0.210. The molecule has 0 radical (unpaired) electrons. The molecule has 152 valence electrons. The molecule has 0 fully saturated rings. The number of nitrogens with one attached hydrogen (secondary N) is 1. The predicted molar refractivity (Wildman–Crippen MR) is 116 cm³/mol. The summed E-state index contributed by atoms with van der Waals surface area (Å²) in [4.78, 5) is 12.1. The maximum Gasteiger partial charge on any atom is 0.244 e. The second kappa shape index (κ2) is 9.65. The van der Waals surface area contributed by atoms with E-state index in [1.165, 1.54) is 6.08 Å². The van der Waals surface area contributed by atoms with Crippen LogP contribution in [0.2, 0.25) is 0 Å². The van der Waals surface area contributed by atoms with Gasteiger partial charge in [0.05, 0.1) is 6.54 Å². The van der Waals surface area contributed by atoms with Crippen molar-refractivity contribution in [2.75, 3.05) is 13.2 Å². The molecule has 1 amide bonds. The van der Waals surface area contributed by atoms with Crippen molar-refractivity contribution in [2.45, 2.75) is 12.7 Å². The number of hydrogen-bond donors (Lipinski definition) is 1. The number of amides is 1. The van der Waals surface area contributed by atoms with Gasteiger partial charge in [-0.1, -0.05) is 54.6 Å². The van der Waals surface area contributed by atoms with Crippen LogP contribution in [0.25, 0.3) is 6.08 Å². The van der Waals surface area contributed by atoms with Crippen LogP contribution >= 0.6 is 0 Å². The van der Waals surface area contributed by atoms with E-state index in [0.29, 0.717) is 25.5 Å². The lowest BCUT2D eigenvalue weighted by atomic mass is 10.2. The van der Waals surface area contributed by atoms with Gasteiger partial charge < -0.3 is 19.5 Å². The third-order valence-corrected chi connectivity index (χ3v) is 4.63. The topological polar surface area (TPSA) is 56.8 Å². The van der Waals surface area contributed by atoms with Gasteiger partial charge in [0.1, 0.15) is 25.1 Å². The molecule has 3 aromatic rings. The number of ether oxygens (including phenoxy) is 3. The zero-order chi connectivity index (χ0) is 20.6. The predicted octanol–water partition coefficient (Wildman–Crippen LogP) is 4.24. The molecule has 1 heterocycles. The van der Waals surface area contributed by atoms with Crippen LogP contribution in [0.4, 0.5) is 0 Å². The van der Waals surface area contributed by atoms with E-state index < -0.39 is 0 Å². The quantitative estimate of drug-likeness (QED) is 0.602. The molecule has 0 saturated carbocycles. The van der Waals surface area contributed by atoms with Gasteiger partial charge in [-0.15, -0.1) is 0 Å². The highest BCUT2D eigenvalue weighted by Gasteiger charge is 2.20. The van der Waals surface area contributed by atoms with Gasteiger partial charge in [-0.2, -0.15) is 0 Å². The summed E-state index contributed by atoms with van der Waals surface area (Å²) in [6.07, 6.45) is 3.07. The number of carbonyl (C=O) groups excluding carboxylic acids is 1. The van der Waals surface area contributed by atoms with Crippen molar-refractivity contribution in [1.29, 1.82) is 0 Å². The Kier molecular flexibility index (Phi) is 6.30. The minimum Gasteiger partial charge on any atom is -0.489 e. The molecular weight excluding hydrogens is 378 g/mol. The van der Waals surface area contributed by atoms with Crippen LogP contribution in [0.15, 0.2) is 84.9 Å². The monoisotopic (exact) mass is 401 g/mol. The summed E-state index contributed by atoms with van der Waals surface area (Å²) in [6, 6.07) is 25.2. The molecule has 0 saturated heterocycles. The van der Waals surface area contributed by atoms with Gasteiger partial charge in [-0.05, 0) is 41.5 Å². The smallest absolute Gasteiger partial charge is 0.244 e. The number of hydrogen-bond acceptors (Lipinski definition) is 4. The third-order valence-electron chi connectivity index (χ3n) is 4.63. The van der Waals surface area contributed by atoms with Gasteiger partial charge in [0.2, 0.25) is 5.91 Å². The molecule has 0 aliphatic carbocycles. The van der Waals surface area contributed by atoms with Gasteiger partial charge in [0.15, 0.2) is 11.5 Å². The number of rotatable bonds is 7. The fourth-order valence-corrected chi connectivity index (χ4v) is 3.03. The van der Waals surface area contributed by atoms with Crippen molar-refractivity contribution in [3.8, 4) is 17.2 Å². The van der Waals surface area contributed by atoms with E-state index in [0.717, 1.165) is 22.6 Å². The molecule has 0 bridgehead atoms. The summed E-state index contributed by atoms with van der Waals surface area (Å²) in [5, 5.41) is 2.85. The number of para-hydroxylation sites is 2. The Morgan fingerprint density at radius 1 is 0.967 bits per heavy atom. The second-order valence-electron chi connectivity index (χ2n) is 6.92. The summed E-state index contributed by atoms with van der Waals surface area (Å²) >= 11 is 0. The largest absolute Gasteiger partial charge is 0.489 e. The van der Waals surface area contributed by atoms with Gasteiger partial charge in [0.25, 0.3) is 0 Å². The fraction of sp³-hybridized carbons (Fsp3) is 0.160. The maximum atomic E-state index is 12.1. The lowest BCUT2D eigenvalue weighted by Gasteiger charge is -2.26. The van der Waals surface area contributed by atoms with Crippen molar-refractivity contribution in [1.82, 2.24) is 5.32 Å². The van der Waals surface area contributed by atoms with Crippen molar-refractivity contribution in [2.24, 2.45) is 0 Å². The first-order valence-electron chi connectivity index (χ1n) is 9.87. The highest BCUT2D eigenvalue weighted by atomic mass is 16.6. The van der Waals surface area contributed by atoms with E-state index in [-0.39, 0.29) is 12.0 Å². The average molecular weight is 401 g/mol. The number of carbonyl (C=O) groups is 1. The maximum absolute atomic E-state index is 12.1. The molecule has 1 aliphatic heterocycles. The lowest BCUT2D eigenvalue weighted by molar-refractivity contribution is -0.116. The summed E-state index contributed by atoms with van der Waals surface area (Å²) in [7, 11) is 0. The van der Waals surface area contributed by atoms with Crippen molar-refractivity contribution in [3.05, 3.63) is 96.1 Å². The first-order chi connectivity index (χ1) is 14.8. The van der Waals surface area contributed by atoms with Gasteiger partial charge in [0, 0.05) is 6.08 Å². The lowest BCUT2D eigenvalue weighted by Crippen LogP contribution is -2.40. The number of benzene rings is 3. The molecule has 5 nitrogen and oxygen atoms in total. The fourth-order valence-electron chi connectivity index (χ4n) is 3.03. The van der Waals surface area contributed by atoms with Gasteiger partial charge >= 0.3 is 0 Å². The Morgan fingerprint density at radius 2 is 1.70 bits per heavy atom. The highest BCUT2D eigenvalue weighted by Crippen LogP contribution is 2.30. The van der Waals surface area contributed by atoms with Crippen LogP contribution in [0, 0.1) is 0 Å². The summed E-state index contributed by atoms with van der Waals surface area (Å²) in [5.74, 6) is 2.04. The van der Waals surface area contributed by atoms with E-state index in [4.69, 9.17) is 14.2 Å². The molecule has 0 unspecified atom stereocenters. The average Bonchev–Trinajstić information content (AvgIpc) is 2.81. The van der Waals surface area contributed by atoms with Gasteiger partial charge in [-0.3, -0.25) is 4.79 Å². The zero-order valence-corrected chi connectivity index (χ0v) is 16.5. The van der Waals surface area contributed by atoms with Crippen LogP contribution < -0.4 is 19.5 Å². The molecular formula is C25H23NO4. The van der Waals surface area contributed by atoms with Crippen LogP contribution in [0.1, 0.15) is 11.1 Å². The van der Waals surface area contributed by atoms with E-state index in [1.807, 2.05) is 78.9 Å². The minimum absolute atomic E-state index is 0.179. The molecule has 30 heavy (non-hydrogen) atoms. The van der Waals surface area contributed by atoms with E-state index in [2.05, 4.69) is 5.32 Å². The Bertz CT molecular complexity index is 999. The molecule has 1 N–H and O–H groups in total. The van der Waals surface area contributed by atoms with Crippen LogP contribution in [-0.4, -0.2) is 25.2 Å². The normalized spacial score (nSPS) is 15.0. The molecule has 0 spiro atoms. The van der Waals surface area contributed by atoms with Crippen molar-refractivity contribution < 1.29 is 19.0 Å². The first-order valence-corrected chi connectivity index (χ1v) is 9.87. The van der Waals surface area contributed by atoms with Crippen LogP contribution in [0.5, 0.6) is 17.2 Å². The Hall–Kier alpha value is -3.73. The Morgan fingerprint density at radius 3 is 2.50 bits per heavy atom. The molecule has 1 aliphatic rings. The highest BCUT2D eigenvalue weighted by molar-refractivity contribution is 5.91. The first kappa shape index (κ1) is 19.6. The van der Waals surface area contributed by atoms with Crippen LogP contribution in [0.3, 0.4) is 0 Å². The standard InChI is InChI=1S/C25H23NO4/c27-25(26-16-22-18-29-23-8-4-5-9-24(23)30-22)15-12-19-10-13-21(14-11-19)28-17-20-6-2-1-3-7-20/h1-15,22H,16-18H2,(H,26,27)/b15-12+/t22-/m1/s1. The Labute approximate surface area is 175 Å². The molecule has 1 atom stereocenters. The molecule has 3 aromatic carbocycles. The van der Waals surface area contributed by atoms with Crippen molar-refractivity contribution in [3.63, 3.8) is 0 Å². The number of fused-ring (bicyclic) bond motifs is 1. The molecule has 5 heteroatoms. The molecule has 4 rings (SSSR count). The van der Waals surface area contributed by atoms with E-state index in [9.17, 15) is 4.79 Å². The second-order valence-corrected chi connectivity index (χ2v) is 6.92. The summed E-state index contributed by atoms with van der Waals surface area (Å²) < 4.78 is 17.3.